The molecule has 0 unspecified atom stereocenters. The summed E-state index contributed by atoms with van der Waals surface area (Å²) < 4.78 is 1.14. The number of likely N-dealkylation sites (N-methyl/N-ethyl adjacent to an activating group) is 1. The Balaban J connectivity index is 2.12. The molecule has 0 fully saturated rings. The third-order valence-corrected chi connectivity index (χ3v) is 3.41. The summed E-state index contributed by atoms with van der Waals surface area (Å²) in [4.78, 5) is 17.4. The Morgan fingerprint density at radius 3 is 2.94 bits per heavy atom. The molecule has 2 aromatic rings. The van der Waals surface area contributed by atoms with Crippen LogP contribution < -0.4 is 5.32 Å². The van der Waals surface area contributed by atoms with E-state index in [4.69, 9.17) is 0 Å². The minimum Gasteiger partial charge on any atom is -0.352 e. The molecular weight excluding hydrogens is 234 g/mol. The molecule has 0 radical (unpaired) electrons. The van der Waals surface area contributed by atoms with Gasteiger partial charge in [0.2, 0.25) is 5.91 Å². The molecule has 4 nitrogen and oxygen atoms in total. The van der Waals surface area contributed by atoms with E-state index < -0.39 is 0 Å². The second-order valence-electron chi connectivity index (χ2n) is 4.13. The van der Waals surface area contributed by atoms with E-state index in [2.05, 4.69) is 23.3 Å². The number of carbonyl (C=O) groups is 1. The molecule has 1 aromatic carbocycles. The summed E-state index contributed by atoms with van der Waals surface area (Å²) in [5.74, 6) is 0.0421. The van der Waals surface area contributed by atoms with Gasteiger partial charge in [-0.2, -0.15) is 0 Å². The summed E-state index contributed by atoms with van der Waals surface area (Å²) in [7, 11) is 3.48. The van der Waals surface area contributed by atoms with Gasteiger partial charge in [0, 0.05) is 14.1 Å². The van der Waals surface area contributed by atoms with E-state index in [1.807, 2.05) is 12.1 Å². The number of rotatable bonds is 3. The largest absolute Gasteiger partial charge is 0.352 e. The predicted molar refractivity (Wildman–Crippen MR) is 71.5 cm³/mol. The van der Waals surface area contributed by atoms with E-state index in [-0.39, 0.29) is 12.5 Å². The molecular formula is C12H15N3OS. The number of aromatic nitrogens is 1. The summed E-state index contributed by atoms with van der Waals surface area (Å²) >= 11 is 1.57. The first-order valence-electron chi connectivity index (χ1n) is 5.37. The molecule has 5 heteroatoms. The number of anilines is 1. The second kappa shape index (κ2) is 4.71. The predicted octanol–water partition coefficient (Wildman–Crippen LogP) is 2.10. The molecule has 1 aromatic heterocycles. The lowest BCUT2D eigenvalue weighted by molar-refractivity contribution is -0.126. The van der Waals surface area contributed by atoms with Gasteiger partial charge in [-0.25, -0.2) is 4.98 Å². The standard InChI is InChI=1S/C12H15N3OS/c1-8-4-5-9-10(6-8)17-12(14-9)13-7-11(16)15(2)3/h4-6H,7H2,1-3H3,(H,13,14). The topological polar surface area (TPSA) is 45.2 Å². The van der Waals surface area contributed by atoms with Crippen LogP contribution in [0, 0.1) is 6.92 Å². The number of nitrogens with zero attached hydrogens (tertiary/aromatic N) is 2. The zero-order valence-corrected chi connectivity index (χ0v) is 11.0. The van der Waals surface area contributed by atoms with E-state index in [1.165, 1.54) is 5.56 Å². The Kier molecular flexibility index (Phi) is 3.28. The first-order chi connectivity index (χ1) is 8.06. The number of aryl methyl sites for hydroxylation is 1. The minimum atomic E-state index is 0.0421. The van der Waals surface area contributed by atoms with Crippen LogP contribution in [0.15, 0.2) is 18.2 Å². The highest BCUT2D eigenvalue weighted by atomic mass is 32.1. The number of nitrogens with one attached hydrogen (secondary N) is 1. The van der Waals surface area contributed by atoms with Crippen LogP contribution in [0.2, 0.25) is 0 Å². The van der Waals surface area contributed by atoms with Crippen molar-refractivity contribution in [3.05, 3.63) is 23.8 Å². The molecule has 0 saturated heterocycles. The SMILES string of the molecule is Cc1ccc2nc(NCC(=O)N(C)C)sc2c1. The van der Waals surface area contributed by atoms with Gasteiger partial charge in [0.05, 0.1) is 16.8 Å². The number of hydrogen-bond acceptors (Lipinski definition) is 4. The van der Waals surface area contributed by atoms with Crippen LogP contribution in [0.4, 0.5) is 5.13 Å². The summed E-state index contributed by atoms with van der Waals surface area (Å²) in [6.07, 6.45) is 0. The zero-order chi connectivity index (χ0) is 12.4. The zero-order valence-electron chi connectivity index (χ0n) is 10.2. The third-order valence-electron chi connectivity index (χ3n) is 2.43. The van der Waals surface area contributed by atoms with Gasteiger partial charge in [-0.1, -0.05) is 17.4 Å². The Bertz CT molecular complexity index is 548. The highest BCUT2D eigenvalue weighted by Crippen LogP contribution is 2.26. The van der Waals surface area contributed by atoms with Gasteiger partial charge >= 0.3 is 0 Å². The van der Waals surface area contributed by atoms with Crippen molar-refractivity contribution in [1.82, 2.24) is 9.88 Å². The molecule has 1 heterocycles. The summed E-state index contributed by atoms with van der Waals surface area (Å²) in [5, 5.41) is 3.84. The number of amides is 1. The van der Waals surface area contributed by atoms with E-state index in [0.29, 0.717) is 0 Å². The quantitative estimate of drug-likeness (QED) is 0.906. The lowest BCUT2D eigenvalue weighted by Gasteiger charge is -2.09. The second-order valence-corrected chi connectivity index (χ2v) is 5.16. The molecule has 90 valence electrons. The fourth-order valence-electron chi connectivity index (χ4n) is 1.42. The van der Waals surface area contributed by atoms with E-state index in [1.54, 1.807) is 30.3 Å². The van der Waals surface area contributed by atoms with Gasteiger partial charge in [0.25, 0.3) is 0 Å². The Morgan fingerprint density at radius 1 is 1.47 bits per heavy atom. The Labute approximate surface area is 104 Å². The lowest BCUT2D eigenvalue weighted by atomic mass is 10.2. The highest BCUT2D eigenvalue weighted by Gasteiger charge is 2.07. The van der Waals surface area contributed by atoms with Crippen LogP contribution in [0.3, 0.4) is 0 Å². The van der Waals surface area contributed by atoms with Crippen molar-refractivity contribution in [3.63, 3.8) is 0 Å². The number of carbonyl (C=O) groups excluding carboxylic acids is 1. The van der Waals surface area contributed by atoms with Crippen molar-refractivity contribution >= 4 is 32.6 Å². The molecule has 2 rings (SSSR count). The van der Waals surface area contributed by atoms with Crippen LogP contribution in [0.5, 0.6) is 0 Å². The summed E-state index contributed by atoms with van der Waals surface area (Å²) in [6.45, 7) is 2.34. The van der Waals surface area contributed by atoms with Crippen LogP contribution in [0.25, 0.3) is 10.2 Å². The van der Waals surface area contributed by atoms with E-state index >= 15 is 0 Å². The number of benzene rings is 1. The molecule has 17 heavy (non-hydrogen) atoms. The molecule has 1 amide bonds. The normalized spacial score (nSPS) is 10.5. The third kappa shape index (κ3) is 2.74. The number of hydrogen-bond donors (Lipinski definition) is 1. The first-order valence-corrected chi connectivity index (χ1v) is 6.19. The Hall–Kier alpha value is -1.62. The van der Waals surface area contributed by atoms with Gasteiger partial charge in [-0.15, -0.1) is 0 Å². The van der Waals surface area contributed by atoms with E-state index in [9.17, 15) is 4.79 Å². The lowest BCUT2D eigenvalue weighted by Crippen LogP contribution is -2.28. The van der Waals surface area contributed by atoms with Crippen LogP contribution >= 0.6 is 11.3 Å². The van der Waals surface area contributed by atoms with Crippen molar-refractivity contribution in [2.75, 3.05) is 26.0 Å². The van der Waals surface area contributed by atoms with Crippen molar-refractivity contribution in [2.45, 2.75) is 6.92 Å². The first kappa shape index (κ1) is 11.9. The van der Waals surface area contributed by atoms with Gasteiger partial charge < -0.3 is 10.2 Å². The molecule has 1 N–H and O–H groups in total. The van der Waals surface area contributed by atoms with Crippen molar-refractivity contribution in [3.8, 4) is 0 Å². The smallest absolute Gasteiger partial charge is 0.241 e. The molecule has 0 bridgehead atoms. The van der Waals surface area contributed by atoms with E-state index in [0.717, 1.165) is 15.3 Å². The van der Waals surface area contributed by atoms with Gasteiger partial charge in [0.15, 0.2) is 5.13 Å². The van der Waals surface area contributed by atoms with Crippen LogP contribution in [0.1, 0.15) is 5.56 Å². The summed E-state index contributed by atoms with van der Waals surface area (Å²) in [5.41, 5.74) is 2.19. The maximum atomic E-state index is 11.4. The Morgan fingerprint density at radius 2 is 2.24 bits per heavy atom. The van der Waals surface area contributed by atoms with Crippen molar-refractivity contribution < 1.29 is 4.79 Å². The molecule has 0 atom stereocenters. The molecule has 0 aliphatic heterocycles. The molecule has 0 saturated carbocycles. The average molecular weight is 249 g/mol. The van der Waals surface area contributed by atoms with Crippen LogP contribution in [-0.4, -0.2) is 36.4 Å². The molecule has 0 aliphatic carbocycles. The maximum absolute atomic E-state index is 11.4. The van der Waals surface area contributed by atoms with Crippen molar-refractivity contribution in [2.24, 2.45) is 0 Å². The fraction of sp³-hybridized carbons (Fsp3) is 0.333. The monoisotopic (exact) mass is 249 g/mol. The van der Waals surface area contributed by atoms with Gasteiger partial charge in [-0.05, 0) is 24.6 Å². The maximum Gasteiger partial charge on any atom is 0.241 e. The van der Waals surface area contributed by atoms with Crippen LogP contribution in [-0.2, 0) is 4.79 Å². The van der Waals surface area contributed by atoms with Crippen molar-refractivity contribution in [1.29, 1.82) is 0 Å². The molecule has 0 aliphatic rings. The number of fused-ring (bicyclic) bond motifs is 1. The van der Waals surface area contributed by atoms with Gasteiger partial charge in [0.1, 0.15) is 0 Å². The highest BCUT2D eigenvalue weighted by molar-refractivity contribution is 7.22. The average Bonchev–Trinajstić information content (AvgIpc) is 2.67. The number of thiazole rings is 1. The summed E-state index contributed by atoms with van der Waals surface area (Å²) in [6, 6.07) is 6.14. The molecule has 0 spiro atoms. The van der Waals surface area contributed by atoms with Gasteiger partial charge in [-0.3, -0.25) is 4.79 Å². The fourth-order valence-corrected chi connectivity index (χ4v) is 2.38. The minimum absolute atomic E-state index is 0.0421.